The first-order valence-electron chi connectivity index (χ1n) is 10.3. The molecule has 7 heteroatoms. The lowest BCUT2D eigenvalue weighted by molar-refractivity contribution is 0.291. The van der Waals surface area contributed by atoms with Gasteiger partial charge < -0.3 is 15.2 Å². The minimum atomic E-state index is 0.286. The molecule has 0 atom stereocenters. The van der Waals surface area contributed by atoms with E-state index in [0.717, 1.165) is 46.4 Å². The first kappa shape index (κ1) is 21.2. The van der Waals surface area contributed by atoms with Crippen LogP contribution in [0.5, 0.6) is 11.6 Å². The maximum absolute atomic E-state index is 10.4. The summed E-state index contributed by atoms with van der Waals surface area (Å²) in [7, 11) is 1.59. The van der Waals surface area contributed by atoms with E-state index in [1.807, 2.05) is 36.4 Å². The summed E-state index contributed by atoms with van der Waals surface area (Å²) in [5.74, 6) is 0.798. The van der Waals surface area contributed by atoms with E-state index in [1.165, 1.54) is 0 Å². The van der Waals surface area contributed by atoms with Gasteiger partial charge in [0.25, 0.3) is 0 Å². The molecule has 0 aliphatic rings. The second-order valence-electron chi connectivity index (χ2n) is 7.30. The van der Waals surface area contributed by atoms with Gasteiger partial charge in [0, 0.05) is 34.3 Å². The molecule has 4 rings (SSSR count). The Labute approximate surface area is 186 Å². The van der Waals surface area contributed by atoms with Crippen LogP contribution in [-0.4, -0.2) is 40.2 Å². The lowest BCUT2D eigenvalue weighted by atomic mass is 10.1. The molecule has 2 aromatic heterocycles. The summed E-state index contributed by atoms with van der Waals surface area (Å²) in [6.07, 6.45) is 0. The fourth-order valence-corrected chi connectivity index (χ4v) is 3.80. The highest BCUT2D eigenvalue weighted by Crippen LogP contribution is 2.35. The maximum Gasteiger partial charge on any atom is 0.213 e. The third kappa shape index (κ3) is 4.36. The number of methoxy groups -OCH3 is 1. The standard InChI is InChI=1S/C24H25ClN4O2/c1-4-29(5-2)14-15-12-17(7-10-21(15)30)26-23-18-8-6-16(25)13-20(18)27-19-9-11-22(31-3)28-24(19)23/h6-13,30H,4-5,14H2,1-3H3,(H,26,27). The lowest BCUT2D eigenvalue weighted by Gasteiger charge is -2.20. The quantitative estimate of drug-likeness (QED) is 0.284. The summed E-state index contributed by atoms with van der Waals surface area (Å²) in [6, 6.07) is 14.8. The van der Waals surface area contributed by atoms with Gasteiger partial charge in [-0.3, -0.25) is 4.90 Å². The van der Waals surface area contributed by atoms with Gasteiger partial charge in [0.05, 0.1) is 23.8 Å². The number of halogens is 1. The number of hydrogen-bond acceptors (Lipinski definition) is 6. The molecule has 4 aromatic rings. The van der Waals surface area contributed by atoms with E-state index in [2.05, 4.69) is 29.0 Å². The normalized spacial score (nSPS) is 11.4. The van der Waals surface area contributed by atoms with E-state index in [9.17, 15) is 5.11 Å². The van der Waals surface area contributed by atoms with Gasteiger partial charge in [-0.05, 0) is 55.6 Å². The zero-order chi connectivity index (χ0) is 22.0. The number of aromatic hydroxyl groups is 1. The SMILES string of the molecule is CCN(CC)Cc1cc(Nc2c3ccc(Cl)cc3nc3ccc(OC)nc23)ccc1O. The molecule has 0 saturated carbocycles. The van der Waals surface area contributed by atoms with E-state index in [4.69, 9.17) is 21.3 Å². The average Bonchev–Trinajstić information content (AvgIpc) is 2.78. The summed E-state index contributed by atoms with van der Waals surface area (Å²) in [5.41, 5.74) is 4.75. The molecule has 160 valence electrons. The van der Waals surface area contributed by atoms with Gasteiger partial charge in [0.1, 0.15) is 11.3 Å². The molecule has 31 heavy (non-hydrogen) atoms. The molecule has 0 spiro atoms. The molecule has 0 saturated heterocycles. The largest absolute Gasteiger partial charge is 0.508 e. The fraction of sp³-hybridized carbons (Fsp3) is 0.250. The number of phenols is 1. The molecule has 0 amide bonds. The van der Waals surface area contributed by atoms with E-state index in [-0.39, 0.29) is 5.75 Å². The van der Waals surface area contributed by atoms with Crippen LogP contribution in [0.3, 0.4) is 0 Å². The van der Waals surface area contributed by atoms with Gasteiger partial charge in [-0.2, -0.15) is 0 Å². The van der Waals surface area contributed by atoms with Crippen molar-refractivity contribution in [3.8, 4) is 11.6 Å². The Hall–Kier alpha value is -3.09. The molecule has 0 fully saturated rings. The molecule has 0 bridgehead atoms. The van der Waals surface area contributed by atoms with Crippen molar-refractivity contribution in [2.45, 2.75) is 20.4 Å². The smallest absolute Gasteiger partial charge is 0.213 e. The van der Waals surface area contributed by atoms with Gasteiger partial charge in [0.2, 0.25) is 5.88 Å². The highest BCUT2D eigenvalue weighted by Gasteiger charge is 2.14. The number of anilines is 2. The number of aromatic nitrogens is 2. The third-order valence-electron chi connectivity index (χ3n) is 5.40. The summed E-state index contributed by atoms with van der Waals surface area (Å²) in [5, 5.41) is 15.4. The van der Waals surface area contributed by atoms with Crippen molar-refractivity contribution < 1.29 is 9.84 Å². The zero-order valence-corrected chi connectivity index (χ0v) is 18.6. The first-order chi connectivity index (χ1) is 15.0. The lowest BCUT2D eigenvalue weighted by Crippen LogP contribution is -2.22. The Morgan fingerprint density at radius 1 is 1.00 bits per heavy atom. The molecule has 0 aliphatic carbocycles. The number of ether oxygens (including phenoxy) is 1. The van der Waals surface area contributed by atoms with Crippen LogP contribution in [0.2, 0.25) is 5.02 Å². The molecular weight excluding hydrogens is 412 g/mol. The van der Waals surface area contributed by atoms with Gasteiger partial charge >= 0.3 is 0 Å². The summed E-state index contributed by atoms with van der Waals surface area (Å²) < 4.78 is 5.34. The number of nitrogens with zero attached hydrogens (tertiary/aromatic N) is 3. The maximum atomic E-state index is 10.4. The highest BCUT2D eigenvalue weighted by molar-refractivity contribution is 6.31. The van der Waals surface area contributed by atoms with Crippen LogP contribution >= 0.6 is 11.6 Å². The number of rotatable bonds is 7. The third-order valence-corrected chi connectivity index (χ3v) is 5.64. The van der Waals surface area contributed by atoms with Crippen molar-refractivity contribution in [1.82, 2.24) is 14.9 Å². The molecule has 0 radical (unpaired) electrons. The zero-order valence-electron chi connectivity index (χ0n) is 17.8. The van der Waals surface area contributed by atoms with Gasteiger partial charge in [-0.25, -0.2) is 9.97 Å². The van der Waals surface area contributed by atoms with Crippen molar-refractivity contribution >= 4 is 44.9 Å². The second-order valence-corrected chi connectivity index (χ2v) is 7.74. The van der Waals surface area contributed by atoms with Crippen LogP contribution in [0.1, 0.15) is 19.4 Å². The van der Waals surface area contributed by atoms with Crippen LogP contribution in [0, 0.1) is 0 Å². The Kier molecular flexibility index (Phi) is 6.11. The topological polar surface area (TPSA) is 70.5 Å². The number of pyridine rings is 2. The van der Waals surface area contributed by atoms with Crippen LogP contribution in [0.4, 0.5) is 11.4 Å². The molecular formula is C24H25ClN4O2. The Bertz CT molecular complexity index is 1240. The van der Waals surface area contributed by atoms with Crippen molar-refractivity contribution in [1.29, 1.82) is 0 Å². The number of phenolic OH excluding ortho intramolecular Hbond substituents is 1. The van der Waals surface area contributed by atoms with Crippen LogP contribution in [-0.2, 0) is 6.54 Å². The number of fused-ring (bicyclic) bond motifs is 2. The Morgan fingerprint density at radius 3 is 2.55 bits per heavy atom. The molecule has 2 heterocycles. The molecule has 2 aromatic carbocycles. The molecule has 2 N–H and O–H groups in total. The molecule has 0 aliphatic heterocycles. The Morgan fingerprint density at radius 2 is 1.81 bits per heavy atom. The predicted molar refractivity (Wildman–Crippen MR) is 127 cm³/mol. The minimum absolute atomic E-state index is 0.286. The van der Waals surface area contributed by atoms with Crippen molar-refractivity contribution in [2.75, 3.05) is 25.5 Å². The van der Waals surface area contributed by atoms with Gasteiger partial charge in [-0.1, -0.05) is 25.4 Å². The highest BCUT2D eigenvalue weighted by atomic mass is 35.5. The van der Waals surface area contributed by atoms with Crippen LogP contribution in [0.15, 0.2) is 48.5 Å². The van der Waals surface area contributed by atoms with Gasteiger partial charge in [-0.15, -0.1) is 0 Å². The summed E-state index contributed by atoms with van der Waals surface area (Å²) in [6.45, 7) is 6.73. The fourth-order valence-electron chi connectivity index (χ4n) is 3.64. The van der Waals surface area contributed by atoms with E-state index in [0.29, 0.717) is 23.0 Å². The van der Waals surface area contributed by atoms with E-state index in [1.54, 1.807) is 19.2 Å². The Balaban J connectivity index is 1.85. The van der Waals surface area contributed by atoms with Gasteiger partial charge in [0.15, 0.2) is 0 Å². The monoisotopic (exact) mass is 436 g/mol. The second kappa shape index (κ2) is 8.96. The van der Waals surface area contributed by atoms with Crippen LogP contribution in [0.25, 0.3) is 21.9 Å². The number of hydrogen-bond donors (Lipinski definition) is 2. The van der Waals surface area contributed by atoms with Crippen molar-refractivity contribution in [3.63, 3.8) is 0 Å². The molecule has 0 unspecified atom stereocenters. The summed E-state index contributed by atoms with van der Waals surface area (Å²) >= 11 is 6.22. The minimum Gasteiger partial charge on any atom is -0.508 e. The summed E-state index contributed by atoms with van der Waals surface area (Å²) in [4.78, 5) is 11.6. The van der Waals surface area contributed by atoms with E-state index < -0.39 is 0 Å². The van der Waals surface area contributed by atoms with Crippen molar-refractivity contribution in [2.24, 2.45) is 0 Å². The number of benzene rings is 2. The average molecular weight is 437 g/mol. The first-order valence-corrected chi connectivity index (χ1v) is 10.7. The van der Waals surface area contributed by atoms with E-state index >= 15 is 0 Å². The predicted octanol–water partition coefficient (Wildman–Crippen LogP) is 5.74. The molecule has 6 nitrogen and oxygen atoms in total. The number of nitrogens with one attached hydrogen (secondary N) is 1. The van der Waals surface area contributed by atoms with Crippen molar-refractivity contribution in [3.05, 3.63) is 59.1 Å². The van der Waals surface area contributed by atoms with Crippen LogP contribution < -0.4 is 10.1 Å².